The van der Waals surface area contributed by atoms with Crippen molar-refractivity contribution in [1.29, 1.82) is 0 Å². The minimum atomic E-state index is -0.366. The zero-order valence-corrected chi connectivity index (χ0v) is 12.6. The number of piperidine rings is 1. The lowest BCUT2D eigenvalue weighted by Gasteiger charge is -2.30. The summed E-state index contributed by atoms with van der Waals surface area (Å²) in [4.78, 5) is 25.5. The predicted molar refractivity (Wildman–Crippen MR) is 81.4 cm³/mol. The Morgan fingerprint density at radius 1 is 1.41 bits per heavy atom. The van der Waals surface area contributed by atoms with Crippen molar-refractivity contribution in [3.63, 3.8) is 0 Å². The van der Waals surface area contributed by atoms with E-state index < -0.39 is 0 Å². The van der Waals surface area contributed by atoms with E-state index in [4.69, 9.17) is 4.74 Å². The lowest BCUT2D eigenvalue weighted by Crippen LogP contribution is -2.42. The summed E-state index contributed by atoms with van der Waals surface area (Å²) in [6.07, 6.45) is 4.32. The minimum Gasteiger partial charge on any atom is -0.466 e. The first-order chi connectivity index (χ1) is 10.6. The number of carbonyl (C=O) groups is 2. The van der Waals surface area contributed by atoms with E-state index in [2.05, 4.69) is 0 Å². The molecule has 2 rings (SSSR count). The summed E-state index contributed by atoms with van der Waals surface area (Å²) in [7, 11) is 0. The quantitative estimate of drug-likeness (QED) is 0.634. The van der Waals surface area contributed by atoms with E-state index in [9.17, 15) is 14.0 Å². The molecule has 5 heteroatoms. The standard InChI is InChI=1S/C17H20FNO3/c1-2-22-17(21)14-7-5-11-19(12-14)16(20)10-9-13-6-3-4-8-15(13)18/h3-4,6,8-10,14H,2,5,7,11-12H2,1H3/b10-9+. The number of rotatable bonds is 4. The van der Waals surface area contributed by atoms with Crippen molar-refractivity contribution < 1.29 is 18.7 Å². The Morgan fingerprint density at radius 3 is 2.91 bits per heavy atom. The van der Waals surface area contributed by atoms with Crippen molar-refractivity contribution >= 4 is 18.0 Å². The maximum absolute atomic E-state index is 13.5. The second-order valence-electron chi connectivity index (χ2n) is 5.23. The number of carbonyl (C=O) groups excluding carboxylic acids is 2. The molecule has 0 aromatic heterocycles. The highest BCUT2D eigenvalue weighted by Crippen LogP contribution is 2.18. The van der Waals surface area contributed by atoms with Gasteiger partial charge < -0.3 is 9.64 Å². The second-order valence-corrected chi connectivity index (χ2v) is 5.23. The van der Waals surface area contributed by atoms with Crippen LogP contribution in [0, 0.1) is 11.7 Å². The molecule has 1 saturated heterocycles. The molecule has 1 unspecified atom stereocenters. The third-order valence-electron chi connectivity index (χ3n) is 3.66. The van der Waals surface area contributed by atoms with E-state index in [1.165, 1.54) is 18.2 Å². The van der Waals surface area contributed by atoms with E-state index in [1.54, 1.807) is 30.0 Å². The molecule has 1 fully saturated rings. The van der Waals surface area contributed by atoms with Crippen LogP contribution < -0.4 is 0 Å². The maximum Gasteiger partial charge on any atom is 0.310 e. The zero-order valence-electron chi connectivity index (χ0n) is 12.6. The van der Waals surface area contributed by atoms with E-state index in [0.717, 1.165) is 12.8 Å². The van der Waals surface area contributed by atoms with Crippen molar-refractivity contribution in [2.24, 2.45) is 5.92 Å². The number of esters is 1. The van der Waals surface area contributed by atoms with Gasteiger partial charge in [0, 0.05) is 24.7 Å². The van der Waals surface area contributed by atoms with Crippen LogP contribution in [0.3, 0.4) is 0 Å². The second kappa shape index (κ2) is 7.73. The molecular formula is C17H20FNO3. The summed E-state index contributed by atoms with van der Waals surface area (Å²) in [5, 5.41) is 0. The highest BCUT2D eigenvalue weighted by Gasteiger charge is 2.28. The molecule has 1 aromatic carbocycles. The Morgan fingerprint density at radius 2 is 2.18 bits per heavy atom. The van der Waals surface area contributed by atoms with Crippen LogP contribution in [0.1, 0.15) is 25.3 Å². The number of amides is 1. The number of ether oxygens (including phenoxy) is 1. The normalized spacial score (nSPS) is 18.5. The smallest absolute Gasteiger partial charge is 0.310 e. The molecule has 0 saturated carbocycles. The van der Waals surface area contributed by atoms with Gasteiger partial charge >= 0.3 is 5.97 Å². The van der Waals surface area contributed by atoms with Crippen molar-refractivity contribution in [3.8, 4) is 0 Å². The molecule has 1 heterocycles. The fourth-order valence-corrected chi connectivity index (χ4v) is 2.51. The van der Waals surface area contributed by atoms with Crippen LogP contribution in [-0.4, -0.2) is 36.5 Å². The van der Waals surface area contributed by atoms with Gasteiger partial charge in [0.2, 0.25) is 5.91 Å². The van der Waals surface area contributed by atoms with Gasteiger partial charge in [-0.3, -0.25) is 9.59 Å². The molecule has 1 atom stereocenters. The van der Waals surface area contributed by atoms with Crippen molar-refractivity contribution in [2.45, 2.75) is 19.8 Å². The molecule has 0 aliphatic carbocycles. The van der Waals surface area contributed by atoms with Gasteiger partial charge in [-0.25, -0.2) is 4.39 Å². The Hall–Kier alpha value is -2.17. The van der Waals surface area contributed by atoms with Crippen molar-refractivity contribution in [3.05, 3.63) is 41.7 Å². The number of hydrogen-bond acceptors (Lipinski definition) is 3. The fourth-order valence-electron chi connectivity index (χ4n) is 2.51. The average Bonchev–Trinajstić information content (AvgIpc) is 2.54. The van der Waals surface area contributed by atoms with Crippen molar-refractivity contribution in [2.75, 3.05) is 19.7 Å². The molecular weight excluding hydrogens is 285 g/mol. The molecule has 0 spiro atoms. The number of benzene rings is 1. The van der Waals surface area contributed by atoms with E-state index >= 15 is 0 Å². The van der Waals surface area contributed by atoms with Gasteiger partial charge in [-0.2, -0.15) is 0 Å². The number of likely N-dealkylation sites (tertiary alicyclic amines) is 1. The van der Waals surface area contributed by atoms with E-state index in [0.29, 0.717) is 25.3 Å². The lowest BCUT2D eigenvalue weighted by atomic mass is 9.98. The third kappa shape index (κ3) is 4.16. The topological polar surface area (TPSA) is 46.6 Å². The SMILES string of the molecule is CCOC(=O)C1CCCN(C(=O)/C=C/c2ccccc2F)C1. The zero-order chi connectivity index (χ0) is 15.9. The predicted octanol–water partition coefficient (Wildman–Crippen LogP) is 2.64. The molecule has 0 bridgehead atoms. The Bertz CT molecular complexity index is 571. The molecule has 0 N–H and O–H groups in total. The van der Waals surface area contributed by atoms with Crippen LogP contribution >= 0.6 is 0 Å². The van der Waals surface area contributed by atoms with Gasteiger partial charge in [0.1, 0.15) is 5.82 Å². The van der Waals surface area contributed by atoms with E-state index in [1.807, 2.05) is 0 Å². The fraction of sp³-hybridized carbons (Fsp3) is 0.412. The highest BCUT2D eigenvalue weighted by atomic mass is 19.1. The van der Waals surface area contributed by atoms with Gasteiger partial charge in [0.05, 0.1) is 12.5 Å². The maximum atomic E-state index is 13.5. The van der Waals surface area contributed by atoms with Crippen LogP contribution in [0.2, 0.25) is 0 Å². The van der Waals surface area contributed by atoms with Gasteiger partial charge in [-0.1, -0.05) is 18.2 Å². The summed E-state index contributed by atoms with van der Waals surface area (Å²) in [5.74, 6) is -1.09. The monoisotopic (exact) mass is 305 g/mol. The molecule has 4 nitrogen and oxygen atoms in total. The molecule has 1 aliphatic rings. The van der Waals surface area contributed by atoms with Crippen LogP contribution in [0.5, 0.6) is 0 Å². The number of halogens is 1. The van der Waals surface area contributed by atoms with Crippen LogP contribution in [-0.2, 0) is 14.3 Å². The highest BCUT2D eigenvalue weighted by molar-refractivity contribution is 5.92. The Labute approximate surface area is 129 Å². The molecule has 1 amide bonds. The first-order valence-corrected chi connectivity index (χ1v) is 7.50. The molecule has 118 valence electrons. The van der Waals surface area contributed by atoms with Gasteiger partial charge in [0.25, 0.3) is 0 Å². The Kier molecular flexibility index (Phi) is 5.69. The summed E-state index contributed by atoms with van der Waals surface area (Å²) >= 11 is 0. The third-order valence-corrected chi connectivity index (χ3v) is 3.66. The summed E-state index contributed by atoms with van der Waals surface area (Å²) < 4.78 is 18.5. The lowest BCUT2D eigenvalue weighted by molar-refractivity contribution is -0.150. The molecule has 22 heavy (non-hydrogen) atoms. The van der Waals surface area contributed by atoms with Crippen molar-refractivity contribution in [1.82, 2.24) is 4.90 Å². The number of nitrogens with zero attached hydrogens (tertiary/aromatic N) is 1. The van der Waals surface area contributed by atoms with Gasteiger partial charge in [-0.05, 0) is 31.9 Å². The minimum absolute atomic E-state index is 0.211. The van der Waals surface area contributed by atoms with Crippen LogP contribution in [0.25, 0.3) is 6.08 Å². The van der Waals surface area contributed by atoms with E-state index in [-0.39, 0.29) is 23.6 Å². The average molecular weight is 305 g/mol. The molecule has 1 aliphatic heterocycles. The summed E-state index contributed by atoms with van der Waals surface area (Å²) in [6, 6.07) is 6.27. The van der Waals surface area contributed by atoms with Crippen LogP contribution in [0.4, 0.5) is 4.39 Å². The molecule has 0 radical (unpaired) electrons. The largest absolute Gasteiger partial charge is 0.466 e. The first kappa shape index (κ1) is 16.2. The summed E-state index contributed by atoms with van der Waals surface area (Å²) in [5.41, 5.74) is 0.370. The number of hydrogen-bond donors (Lipinski definition) is 0. The first-order valence-electron chi connectivity index (χ1n) is 7.50. The molecule has 1 aromatic rings. The van der Waals surface area contributed by atoms with Gasteiger partial charge in [-0.15, -0.1) is 0 Å². The van der Waals surface area contributed by atoms with Crippen LogP contribution in [0.15, 0.2) is 30.3 Å². The summed E-state index contributed by atoms with van der Waals surface area (Å²) in [6.45, 7) is 3.08. The Balaban J connectivity index is 1.97. The van der Waals surface area contributed by atoms with Gasteiger partial charge in [0.15, 0.2) is 0 Å².